The highest BCUT2D eigenvalue weighted by atomic mass is 35.5. The Labute approximate surface area is 185 Å². The molecule has 1 heterocycles. The van der Waals surface area contributed by atoms with E-state index in [4.69, 9.17) is 16.3 Å². The number of aromatic nitrogens is 3. The third kappa shape index (κ3) is 4.96. The fourth-order valence-corrected chi connectivity index (χ4v) is 4.11. The highest BCUT2D eigenvalue weighted by Crippen LogP contribution is 2.40. The first-order chi connectivity index (χ1) is 14.5. The molecule has 0 aliphatic heterocycles. The minimum atomic E-state index is -0.315. The number of ether oxygens (including phenoxy) is 1. The van der Waals surface area contributed by atoms with Crippen LogP contribution in [0.15, 0.2) is 53.7 Å². The van der Waals surface area contributed by atoms with E-state index in [1.165, 1.54) is 11.8 Å². The molecule has 4 rings (SSSR count). The number of thioether (sulfide) groups is 1. The molecule has 1 unspecified atom stereocenters. The Morgan fingerprint density at radius 2 is 1.97 bits per heavy atom. The van der Waals surface area contributed by atoms with Crippen molar-refractivity contribution in [1.29, 1.82) is 0 Å². The second-order valence-electron chi connectivity index (χ2n) is 7.33. The minimum Gasteiger partial charge on any atom is -0.484 e. The van der Waals surface area contributed by atoms with E-state index in [2.05, 4.69) is 20.1 Å². The largest absolute Gasteiger partial charge is 0.484 e. The van der Waals surface area contributed by atoms with Gasteiger partial charge in [0.05, 0.1) is 10.3 Å². The molecule has 1 amide bonds. The van der Waals surface area contributed by atoms with Gasteiger partial charge in [0.1, 0.15) is 12.4 Å². The van der Waals surface area contributed by atoms with Crippen LogP contribution in [-0.2, 0) is 11.4 Å². The van der Waals surface area contributed by atoms with Gasteiger partial charge in [0.25, 0.3) is 0 Å². The maximum Gasteiger partial charge on any atom is 0.237 e. The van der Waals surface area contributed by atoms with Crippen LogP contribution >= 0.6 is 23.4 Å². The maximum atomic E-state index is 12.6. The van der Waals surface area contributed by atoms with Crippen LogP contribution in [0, 0.1) is 6.92 Å². The van der Waals surface area contributed by atoms with Crippen molar-refractivity contribution in [3.63, 3.8) is 0 Å². The molecule has 1 aromatic heterocycles. The average molecular weight is 443 g/mol. The SMILES string of the molecule is Cc1ccc(NC(=O)C(C)Sc2nnc(COc3ccccc3Cl)n2C2CC2)cc1. The van der Waals surface area contributed by atoms with Crippen molar-refractivity contribution >= 4 is 35.0 Å². The summed E-state index contributed by atoms with van der Waals surface area (Å²) in [4.78, 5) is 12.6. The number of carbonyl (C=O) groups is 1. The van der Waals surface area contributed by atoms with Crippen molar-refractivity contribution in [3.05, 3.63) is 64.9 Å². The van der Waals surface area contributed by atoms with Crippen molar-refractivity contribution in [3.8, 4) is 5.75 Å². The number of carbonyl (C=O) groups excluding carboxylic acids is 1. The van der Waals surface area contributed by atoms with Gasteiger partial charge >= 0.3 is 0 Å². The maximum absolute atomic E-state index is 12.6. The van der Waals surface area contributed by atoms with Crippen LogP contribution in [0.2, 0.25) is 5.02 Å². The van der Waals surface area contributed by atoms with Gasteiger partial charge < -0.3 is 10.1 Å². The summed E-state index contributed by atoms with van der Waals surface area (Å²) in [7, 11) is 0. The Hall–Kier alpha value is -2.51. The van der Waals surface area contributed by atoms with E-state index < -0.39 is 0 Å². The van der Waals surface area contributed by atoms with E-state index in [9.17, 15) is 4.79 Å². The Morgan fingerprint density at radius 3 is 2.67 bits per heavy atom. The zero-order valence-electron chi connectivity index (χ0n) is 16.8. The van der Waals surface area contributed by atoms with Gasteiger partial charge in [-0.15, -0.1) is 10.2 Å². The molecular formula is C22H23ClN4O2S. The molecule has 1 aliphatic rings. The fraction of sp³-hybridized carbons (Fsp3) is 0.318. The first-order valence-corrected chi connectivity index (χ1v) is 11.1. The Morgan fingerprint density at radius 1 is 1.23 bits per heavy atom. The molecule has 30 heavy (non-hydrogen) atoms. The van der Waals surface area contributed by atoms with E-state index >= 15 is 0 Å². The van der Waals surface area contributed by atoms with Crippen LogP contribution in [0.4, 0.5) is 5.69 Å². The Kier molecular flexibility index (Phi) is 6.29. The first-order valence-electron chi connectivity index (χ1n) is 9.86. The molecule has 1 fully saturated rings. The summed E-state index contributed by atoms with van der Waals surface area (Å²) in [6.07, 6.45) is 2.16. The third-order valence-corrected chi connectivity index (χ3v) is 6.18. The average Bonchev–Trinajstić information content (AvgIpc) is 3.50. The van der Waals surface area contributed by atoms with Crippen molar-refractivity contribution in [1.82, 2.24) is 14.8 Å². The smallest absolute Gasteiger partial charge is 0.237 e. The lowest BCUT2D eigenvalue weighted by atomic mass is 10.2. The van der Waals surface area contributed by atoms with Crippen molar-refractivity contribution < 1.29 is 9.53 Å². The summed E-state index contributed by atoms with van der Waals surface area (Å²) in [6.45, 7) is 4.17. The van der Waals surface area contributed by atoms with Crippen molar-refractivity contribution in [2.24, 2.45) is 0 Å². The summed E-state index contributed by atoms with van der Waals surface area (Å²) in [6, 6.07) is 15.5. The molecule has 2 aromatic carbocycles. The molecule has 1 aliphatic carbocycles. The molecule has 156 valence electrons. The number of amides is 1. The molecule has 0 radical (unpaired) electrons. The van der Waals surface area contributed by atoms with Crippen LogP contribution in [-0.4, -0.2) is 25.9 Å². The standard InChI is InChI=1S/C22H23ClN4O2S/c1-14-7-9-16(10-8-14)24-21(28)15(2)30-22-26-25-20(27(22)17-11-12-17)13-29-19-6-4-3-5-18(19)23/h3-10,15,17H,11-13H2,1-2H3,(H,24,28). The predicted octanol–water partition coefficient (Wildman–Crippen LogP) is 5.27. The molecule has 0 bridgehead atoms. The molecule has 1 saturated carbocycles. The number of nitrogens with one attached hydrogen (secondary N) is 1. The molecule has 1 atom stereocenters. The van der Waals surface area contributed by atoms with E-state index in [1.807, 2.05) is 56.3 Å². The number of hydrogen-bond acceptors (Lipinski definition) is 5. The molecule has 1 N–H and O–H groups in total. The van der Waals surface area contributed by atoms with Gasteiger partial charge in [0.15, 0.2) is 11.0 Å². The van der Waals surface area contributed by atoms with Gasteiger partial charge in [-0.3, -0.25) is 9.36 Å². The molecule has 6 nitrogen and oxygen atoms in total. The van der Waals surface area contributed by atoms with Crippen LogP contribution < -0.4 is 10.1 Å². The van der Waals surface area contributed by atoms with Crippen LogP contribution in [0.25, 0.3) is 0 Å². The molecule has 8 heteroatoms. The highest BCUT2D eigenvalue weighted by Gasteiger charge is 2.31. The summed E-state index contributed by atoms with van der Waals surface area (Å²) in [5.41, 5.74) is 1.94. The summed E-state index contributed by atoms with van der Waals surface area (Å²) < 4.78 is 7.95. The number of para-hydroxylation sites is 1. The van der Waals surface area contributed by atoms with E-state index in [-0.39, 0.29) is 17.8 Å². The fourth-order valence-electron chi connectivity index (χ4n) is 2.98. The predicted molar refractivity (Wildman–Crippen MR) is 119 cm³/mol. The topological polar surface area (TPSA) is 69.0 Å². The first kappa shape index (κ1) is 20.8. The molecule has 3 aromatic rings. The van der Waals surface area contributed by atoms with Gasteiger partial charge in [-0.1, -0.05) is 53.2 Å². The molecule has 0 spiro atoms. The van der Waals surface area contributed by atoms with Gasteiger partial charge in [-0.25, -0.2) is 0 Å². The lowest BCUT2D eigenvalue weighted by Crippen LogP contribution is -2.23. The molecule has 0 saturated heterocycles. The van der Waals surface area contributed by atoms with Gasteiger partial charge in [-0.2, -0.15) is 0 Å². The van der Waals surface area contributed by atoms with E-state index in [0.717, 1.165) is 35.1 Å². The number of rotatable bonds is 8. The summed E-state index contributed by atoms with van der Waals surface area (Å²) >= 11 is 7.58. The zero-order chi connectivity index (χ0) is 21.1. The highest BCUT2D eigenvalue weighted by molar-refractivity contribution is 8.00. The van der Waals surface area contributed by atoms with Crippen LogP contribution in [0.5, 0.6) is 5.75 Å². The summed E-state index contributed by atoms with van der Waals surface area (Å²) in [5, 5.41) is 12.6. The number of hydrogen-bond donors (Lipinski definition) is 1. The lowest BCUT2D eigenvalue weighted by Gasteiger charge is -2.14. The Bertz CT molecular complexity index is 1030. The van der Waals surface area contributed by atoms with Crippen LogP contribution in [0.3, 0.4) is 0 Å². The second-order valence-corrected chi connectivity index (χ2v) is 9.05. The van der Waals surface area contributed by atoms with Crippen LogP contribution in [0.1, 0.15) is 37.2 Å². The molecular weight excluding hydrogens is 420 g/mol. The minimum absolute atomic E-state index is 0.0666. The van der Waals surface area contributed by atoms with Crippen molar-refractivity contribution in [2.75, 3.05) is 5.32 Å². The second kappa shape index (κ2) is 9.10. The summed E-state index contributed by atoms with van der Waals surface area (Å²) in [5.74, 6) is 1.29. The van der Waals surface area contributed by atoms with Gasteiger partial charge in [-0.05, 0) is 51.0 Å². The van der Waals surface area contributed by atoms with Gasteiger partial charge in [0.2, 0.25) is 5.91 Å². The quantitative estimate of drug-likeness (QED) is 0.481. The number of anilines is 1. The van der Waals surface area contributed by atoms with Crippen molar-refractivity contribution in [2.45, 2.75) is 49.7 Å². The van der Waals surface area contributed by atoms with E-state index in [1.54, 1.807) is 6.07 Å². The van der Waals surface area contributed by atoms with Gasteiger partial charge in [0, 0.05) is 11.7 Å². The third-order valence-electron chi connectivity index (χ3n) is 4.81. The Balaban J connectivity index is 1.43. The number of halogens is 1. The lowest BCUT2D eigenvalue weighted by molar-refractivity contribution is -0.115. The number of benzene rings is 2. The van der Waals surface area contributed by atoms with E-state index in [0.29, 0.717) is 16.8 Å². The normalized spacial score (nSPS) is 14.4. The zero-order valence-corrected chi connectivity index (χ0v) is 18.4. The monoisotopic (exact) mass is 442 g/mol. The number of nitrogens with zero attached hydrogens (tertiary/aromatic N) is 3. The number of aryl methyl sites for hydroxylation is 1.